The number of hydrogen-bond donors (Lipinski definition) is 4. The number of aliphatic hydroxyl groups excluding tert-OH is 1. The molecule has 9 heteroatoms. The number of ether oxygens (including phenoxy) is 2. The Labute approximate surface area is 188 Å². The van der Waals surface area contributed by atoms with Crippen LogP contribution in [0.15, 0.2) is 23.5 Å². The third-order valence-electron chi connectivity index (χ3n) is 6.46. The number of aromatic nitrogens is 3. The molecular formula is C23H34N6O3. The first-order valence-electron chi connectivity index (χ1n) is 11.4. The van der Waals surface area contributed by atoms with E-state index in [2.05, 4.69) is 39.6 Å². The molecule has 174 valence electrons. The van der Waals surface area contributed by atoms with Crippen molar-refractivity contribution in [3.8, 4) is 11.1 Å². The Morgan fingerprint density at radius 2 is 2.31 bits per heavy atom. The minimum Gasteiger partial charge on any atom is -0.393 e. The van der Waals surface area contributed by atoms with Crippen molar-refractivity contribution in [1.29, 1.82) is 5.41 Å². The summed E-state index contributed by atoms with van der Waals surface area (Å²) in [5, 5.41) is 25.8. The zero-order chi connectivity index (χ0) is 22.7. The van der Waals surface area contributed by atoms with Crippen molar-refractivity contribution in [2.45, 2.75) is 57.2 Å². The molecule has 1 aliphatic carbocycles. The Bertz CT molecular complexity index is 947. The number of aliphatic imine (C=N–C) groups is 1. The van der Waals surface area contributed by atoms with Crippen LogP contribution in [-0.2, 0) is 9.47 Å². The first-order valence-corrected chi connectivity index (χ1v) is 11.4. The first-order chi connectivity index (χ1) is 15.4. The number of aliphatic hydroxyl groups is 1. The lowest BCUT2D eigenvalue weighted by Crippen LogP contribution is -2.34. The molecule has 1 aliphatic heterocycles. The number of methoxy groups -OCH3 is 1. The highest BCUT2D eigenvalue weighted by molar-refractivity contribution is 5.96. The fourth-order valence-corrected chi connectivity index (χ4v) is 4.46. The summed E-state index contributed by atoms with van der Waals surface area (Å²) in [6, 6.07) is 2.47. The maximum absolute atomic E-state index is 10.1. The van der Waals surface area contributed by atoms with Crippen LogP contribution in [0.5, 0.6) is 0 Å². The predicted octanol–water partition coefficient (Wildman–Crippen LogP) is 2.69. The Morgan fingerprint density at radius 1 is 1.50 bits per heavy atom. The van der Waals surface area contributed by atoms with Crippen molar-refractivity contribution in [3.63, 3.8) is 0 Å². The highest BCUT2D eigenvalue weighted by Crippen LogP contribution is 2.38. The Balaban J connectivity index is 1.58. The van der Waals surface area contributed by atoms with E-state index in [0.717, 1.165) is 41.8 Å². The van der Waals surface area contributed by atoms with Gasteiger partial charge >= 0.3 is 0 Å². The predicted molar refractivity (Wildman–Crippen MR) is 123 cm³/mol. The molecule has 4 rings (SSSR count). The third kappa shape index (κ3) is 5.11. The first kappa shape index (κ1) is 22.7. The van der Waals surface area contributed by atoms with E-state index >= 15 is 0 Å². The summed E-state index contributed by atoms with van der Waals surface area (Å²) < 4.78 is 12.4. The van der Waals surface area contributed by atoms with Gasteiger partial charge in [0.2, 0.25) is 5.96 Å². The molecule has 2 aliphatic rings. The fraction of sp³-hybridized carbons (Fsp3) is 0.609. The van der Waals surface area contributed by atoms with E-state index < -0.39 is 0 Å². The maximum Gasteiger partial charge on any atom is 0.215 e. The van der Waals surface area contributed by atoms with Crippen molar-refractivity contribution in [2.75, 3.05) is 26.9 Å². The zero-order valence-corrected chi connectivity index (χ0v) is 19.0. The average Bonchev–Trinajstić information content (AvgIpc) is 3.34. The van der Waals surface area contributed by atoms with Crippen LogP contribution in [0.3, 0.4) is 0 Å². The van der Waals surface area contributed by atoms with Gasteiger partial charge in [0.1, 0.15) is 0 Å². The highest BCUT2D eigenvalue weighted by atomic mass is 16.5. The molecule has 0 aromatic carbocycles. The molecule has 3 heterocycles. The fourth-order valence-electron chi connectivity index (χ4n) is 4.46. The quantitative estimate of drug-likeness (QED) is 0.388. The van der Waals surface area contributed by atoms with Crippen LogP contribution < -0.4 is 5.32 Å². The van der Waals surface area contributed by atoms with Crippen LogP contribution >= 0.6 is 0 Å². The molecule has 9 nitrogen and oxygen atoms in total. The third-order valence-corrected chi connectivity index (χ3v) is 6.46. The Morgan fingerprint density at radius 3 is 3.00 bits per heavy atom. The lowest BCUT2D eigenvalue weighted by atomic mass is 9.79. The number of nitrogens with zero attached hydrogens (tertiary/aromatic N) is 3. The van der Waals surface area contributed by atoms with Gasteiger partial charge in [0.05, 0.1) is 50.1 Å². The molecule has 0 amide bonds. The molecular weight excluding hydrogens is 408 g/mol. The Hall–Kier alpha value is -2.49. The SMILES string of the molecule is COC[C@H](C)NC(=N)/N=C\c1[nH]c([C@@H]2CC[C@@H](O)[C@H](C)C2)cc1-c1cnn(C2COC2)c1. The van der Waals surface area contributed by atoms with Crippen molar-refractivity contribution < 1.29 is 14.6 Å². The summed E-state index contributed by atoms with van der Waals surface area (Å²) in [5.74, 6) is 0.732. The van der Waals surface area contributed by atoms with Crippen molar-refractivity contribution in [2.24, 2.45) is 10.9 Å². The summed E-state index contributed by atoms with van der Waals surface area (Å²) >= 11 is 0. The zero-order valence-electron chi connectivity index (χ0n) is 19.0. The largest absolute Gasteiger partial charge is 0.393 e. The minimum absolute atomic E-state index is 0.00130. The van der Waals surface area contributed by atoms with E-state index in [1.54, 1.807) is 13.3 Å². The second-order valence-electron chi connectivity index (χ2n) is 9.11. The second kappa shape index (κ2) is 9.97. The topological polar surface area (TPSA) is 121 Å². The van der Waals surface area contributed by atoms with Gasteiger partial charge in [0, 0.05) is 36.2 Å². The minimum atomic E-state index is -0.217. The molecule has 0 unspecified atom stereocenters. The van der Waals surface area contributed by atoms with Crippen molar-refractivity contribution in [3.05, 3.63) is 29.8 Å². The van der Waals surface area contributed by atoms with Crippen LogP contribution in [0.4, 0.5) is 0 Å². The smallest absolute Gasteiger partial charge is 0.215 e. The second-order valence-corrected chi connectivity index (χ2v) is 9.11. The highest BCUT2D eigenvalue weighted by Gasteiger charge is 2.29. The summed E-state index contributed by atoms with van der Waals surface area (Å²) in [6.07, 6.45) is 8.13. The average molecular weight is 443 g/mol. The number of nitrogens with one attached hydrogen (secondary N) is 3. The number of guanidine groups is 1. The summed E-state index contributed by atoms with van der Waals surface area (Å²) in [5.41, 5.74) is 4.03. The molecule has 32 heavy (non-hydrogen) atoms. The number of H-pyrrole nitrogens is 1. The monoisotopic (exact) mass is 442 g/mol. The van der Waals surface area contributed by atoms with Gasteiger partial charge in [0.25, 0.3) is 0 Å². The summed E-state index contributed by atoms with van der Waals surface area (Å²) in [6.45, 7) is 5.95. The van der Waals surface area contributed by atoms with Crippen LogP contribution in [0.25, 0.3) is 11.1 Å². The van der Waals surface area contributed by atoms with E-state index in [4.69, 9.17) is 14.9 Å². The van der Waals surface area contributed by atoms with Crippen molar-refractivity contribution in [1.82, 2.24) is 20.1 Å². The molecule has 2 aromatic heterocycles. The van der Waals surface area contributed by atoms with Crippen molar-refractivity contribution >= 4 is 12.2 Å². The molecule has 2 fully saturated rings. The van der Waals surface area contributed by atoms with E-state index in [0.29, 0.717) is 31.8 Å². The number of aromatic amines is 1. The number of rotatable bonds is 7. The van der Waals surface area contributed by atoms with E-state index in [1.165, 1.54) is 0 Å². The normalized spacial score (nSPS) is 25.1. The molecule has 1 saturated heterocycles. The molecule has 0 spiro atoms. The standard InChI is InChI=1S/C23H34N6O3/c1-14-6-16(4-5-22(14)30)20-7-19(17-8-26-29(10-17)18-12-32-13-18)21(28-20)9-25-23(24)27-15(2)11-31-3/h7-10,14-16,18,22,28,30H,4-6,11-13H2,1-3H3,(H2,24,27)/b25-9-/t14-,15+,16-,22-/m1/s1. The Kier molecular flexibility index (Phi) is 7.07. The molecule has 1 saturated carbocycles. The van der Waals surface area contributed by atoms with Crippen LogP contribution in [0, 0.1) is 11.3 Å². The number of hydrogen-bond acceptors (Lipinski definition) is 5. The van der Waals surface area contributed by atoms with Crippen LogP contribution in [0.2, 0.25) is 0 Å². The van der Waals surface area contributed by atoms with Gasteiger partial charge in [-0.2, -0.15) is 5.10 Å². The van der Waals surface area contributed by atoms with Gasteiger partial charge in [-0.05, 0) is 44.1 Å². The molecule has 0 radical (unpaired) electrons. The van der Waals surface area contributed by atoms with Gasteiger partial charge in [0.15, 0.2) is 0 Å². The summed E-state index contributed by atoms with van der Waals surface area (Å²) in [7, 11) is 1.64. The molecule has 0 bridgehead atoms. The maximum atomic E-state index is 10.1. The molecule has 4 atom stereocenters. The van der Waals surface area contributed by atoms with Gasteiger partial charge in [-0.15, -0.1) is 0 Å². The lowest BCUT2D eigenvalue weighted by molar-refractivity contribution is -0.0286. The lowest BCUT2D eigenvalue weighted by Gasteiger charge is -2.30. The molecule has 4 N–H and O–H groups in total. The van der Waals surface area contributed by atoms with E-state index in [9.17, 15) is 5.11 Å². The van der Waals surface area contributed by atoms with Gasteiger partial charge < -0.3 is 24.9 Å². The van der Waals surface area contributed by atoms with E-state index in [-0.39, 0.29) is 24.0 Å². The van der Waals surface area contributed by atoms with Gasteiger partial charge in [-0.25, -0.2) is 4.99 Å². The molecule has 2 aromatic rings. The van der Waals surface area contributed by atoms with Gasteiger partial charge in [-0.1, -0.05) is 6.92 Å². The summed E-state index contributed by atoms with van der Waals surface area (Å²) in [4.78, 5) is 7.87. The van der Waals surface area contributed by atoms with Crippen LogP contribution in [0.1, 0.15) is 56.5 Å². The van der Waals surface area contributed by atoms with Gasteiger partial charge in [-0.3, -0.25) is 10.1 Å². The van der Waals surface area contributed by atoms with Crippen LogP contribution in [-0.4, -0.2) is 71.1 Å². The van der Waals surface area contributed by atoms with E-state index in [1.807, 2.05) is 17.8 Å².